The van der Waals surface area contributed by atoms with Gasteiger partial charge < -0.3 is 14.6 Å². The summed E-state index contributed by atoms with van der Waals surface area (Å²) in [7, 11) is -3.41. The van der Waals surface area contributed by atoms with Gasteiger partial charge in [-0.05, 0) is 42.3 Å². The molecule has 1 aliphatic heterocycles. The molecule has 3 heterocycles. The van der Waals surface area contributed by atoms with Crippen LogP contribution in [0.15, 0.2) is 65.7 Å². The van der Waals surface area contributed by atoms with Crippen molar-refractivity contribution in [3.8, 4) is 0 Å². The standard InChI is InChI=1S/C23H23N3O3S/c27-30(28,18-5-2-1-3-6-18)16-17-7-8-20-19(15-17)22-21(9-10-24-23(22)25-20)26-11-4-13-29-14-12-26/h1-3,5-10,15H,4,11-14,16H2,(H,24,25). The molecule has 2 aromatic carbocycles. The fourth-order valence-corrected chi connectivity index (χ4v) is 5.47. The maximum Gasteiger partial charge on any atom is 0.182 e. The van der Waals surface area contributed by atoms with Crippen molar-refractivity contribution in [2.75, 3.05) is 31.2 Å². The molecule has 1 saturated heterocycles. The van der Waals surface area contributed by atoms with Crippen molar-refractivity contribution in [1.29, 1.82) is 0 Å². The molecular weight excluding hydrogens is 398 g/mol. The molecule has 0 saturated carbocycles. The maximum absolute atomic E-state index is 12.8. The number of aromatic amines is 1. The van der Waals surface area contributed by atoms with Crippen molar-refractivity contribution < 1.29 is 13.2 Å². The highest BCUT2D eigenvalue weighted by molar-refractivity contribution is 7.90. The van der Waals surface area contributed by atoms with Crippen LogP contribution in [0.25, 0.3) is 21.9 Å². The molecule has 154 valence electrons. The average molecular weight is 422 g/mol. The molecule has 0 bridgehead atoms. The second-order valence-electron chi connectivity index (χ2n) is 7.58. The van der Waals surface area contributed by atoms with Crippen molar-refractivity contribution in [1.82, 2.24) is 9.97 Å². The van der Waals surface area contributed by atoms with Crippen LogP contribution in [0.3, 0.4) is 0 Å². The zero-order valence-electron chi connectivity index (χ0n) is 16.5. The predicted octanol–water partition coefficient (Wildman–Crippen LogP) is 3.92. The number of hydrogen-bond donors (Lipinski definition) is 1. The van der Waals surface area contributed by atoms with Gasteiger partial charge in [-0.1, -0.05) is 24.3 Å². The number of hydrogen-bond acceptors (Lipinski definition) is 5. The minimum atomic E-state index is -3.41. The topological polar surface area (TPSA) is 75.3 Å². The lowest BCUT2D eigenvalue weighted by molar-refractivity contribution is 0.152. The van der Waals surface area contributed by atoms with E-state index in [2.05, 4.69) is 14.9 Å². The molecule has 0 aliphatic carbocycles. The summed E-state index contributed by atoms with van der Waals surface area (Å²) in [4.78, 5) is 10.6. The van der Waals surface area contributed by atoms with Gasteiger partial charge in [0.05, 0.1) is 22.9 Å². The van der Waals surface area contributed by atoms with Gasteiger partial charge in [-0.2, -0.15) is 0 Å². The van der Waals surface area contributed by atoms with Crippen LogP contribution >= 0.6 is 0 Å². The van der Waals surface area contributed by atoms with E-state index in [1.165, 1.54) is 0 Å². The first-order valence-electron chi connectivity index (χ1n) is 10.1. The van der Waals surface area contributed by atoms with Crippen LogP contribution in [0.5, 0.6) is 0 Å². The Morgan fingerprint density at radius 1 is 1.03 bits per heavy atom. The van der Waals surface area contributed by atoms with E-state index in [1.54, 1.807) is 24.3 Å². The molecule has 1 fully saturated rings. The maximum atomic E-state index is 12.8. The molecule has 1 aliphatic rings. The van der Waals surface area contributed by atoms with Crippen LogP contribution < -0.4 is 4.90 Å². The summed E-state index contributed by atoms with van der Waals surface area (Å²) < 4.78 is 31.3. The minimum Gasteiger partial charge on any atom is -0.380 e. The molecule has 0 atom stereocenters. The third-order valence-electron chi connectivity index (χ3n) is 5.56. The molecule has 6 nitrogen and oxygen atoms in total. The predicted molar refractivity (Wildman–Crippen MR) is 119 cm³/mol. The van der Waals surface area contributed by atoms with E-state index in [1.807, 2.05) is 36.5 Å². The summed E-state index contributed by atoms with van der Waals surface area (Å²) >= 11 is 0. The molecule has 0 unspecified atom stereocenters. The molecule has 0 amide bonds. The summed E-state index contributed by atoms with van der Waals surface area (Å²) in [5, 5.41) is 2.03. The highest BCUT2D eigenvalue weighted by atomic mass is 32.2. The number of nitrogens with zero attached hydrogens (tertiary/aromatic N) is 2. The number of sulfone groups is 1. The number of anilines is 1. The second-order valence-corrected chi connectivity index (χ2v) is 9.57. The molecule has 7 heteroatoms. The normalized spacial score (nSPS) is 15.5. The Bertz CT molecular complexity index is 1290. The van der Waals surface area contributed by atoms with E-state index in [-0.39, 0.29) is 5.75 Å². The van der Waals surface area contributed by atoms with Crippen molar-refractivity contribution in [2.24, 2.45) is 0 Å². The number of nitrogens with one attached hydrogen (secondary N) is 1. The molecule has 0 spiro atoms. The molecule has 1 N–H and O–H groups in total. The third kappa shape index (κ3) is 3.55. The number of benzene rings is 2. The van der Waals surface area contributed by atoms with E-state index < -0.39 is 9.84 Å². The fourth-order valence-electron chi connectivity index (χ4n) is 4.12. The van der Waals surface area contributed by atoms with Crippen LogP contribution in [0.2, 0.25) is 0 Å². The first-order chi connectivity index (χ1) is 14.6. The molecule has 30 heavy (non-hydrogen) atoms. The summed E-state index contributed by atoms with van der Waals surface area (Å²) in [6, 6.07) is 16.4. The highest BCUT2D eigenvalue weighted by Crippen LogP contribution is 2.34. The Morgan fingerprint density at radius 3 is 2.77 bits per heavy atom. The summed E-state index contributed by atoms with van der Waals surface area (Å²) in [5.41, 5.74) is 3.65. The van der Waals surface area contributed by atoms with E-state index in [0.29, 0.717) is 11.5 Å². The van der Waals surface area contributed by atoms with E-state index >= 15 is 0 Å². The van der Waals surface area contributed by atoms with Gasteiger partial charge in [0.2, 0.25) is 0 Å². The van der Waals surface area contributed by atoms with Gasteiger partial charge in [0.25, 0.3) is 0 Å². The van der Waals surface area contributed by atoms with Crippen molar-refractivity contribution in [3.05, 3.63) is 66.4 Å². The number of pyridine rings is 1. The van der Waals surface area contributed by atoms with Crippen LogP contribution in [0.4, 0.5) is 5.69 Å². The highest BCUT2D eigenvalue weighted by Gasteiger charge is 2.19. The summed E-state index contributed by atoms with van der Waals surface area (Å²) in [5.74, 6) is -0.0349. The first kappa shape index (κ1) is 19.1. The minimum absolute atomic E-state index is 0.0349. The number of H-pyrrole nitrogens is 1. The zero-order chi connectivity index (χ0) is 20.6. The lowest BCUT2D eigenvalue weighted by atomic mass is 10.1. The number of rotatable bonds is 4. The van der Waals surface area contributed by atoms with Gasteiger partial charge in [-0.25, -0.2) is 13.4 Å². The zero-order valence-corrected chi connectivity index (χ0v) is 17.4. The van der Waals surface area contributed by atoms with Crippen LogP contribution in [-0.4, -0.2) is 44.7 Å². The monoisotopic (exact) mass is 421 g/mol. The van der Waals surface area contributed by atoms with Crippen LogP contribution in [0, 0.1) is 0 Å². The molecule has 2 aromatic heterocycles. The van der Waals surface area contributed by atoms with Gasteiger partial charge in [-0.15, -0.1) is 0 Å². The summed E-state index contributed by atoms with van der Waals surface area (Å²) in [6.45, 7) is 3.23. The number of fused-ring (bicyclic) bond motifs is 3. The first-order valence-corrected chi connectivity index (χ1v) is 11.8. The van der Waals surface area contributed by atoms with Crippen molar-refractivity contribution >= 4 is 37.5 Å². The SMILES string of the molecule is O=S(=O)(Cc1ccc2[nH]c3nccc(N4CCCOCC4)c3c2c1)c1ccccc1. The lowest BCUT2D eigenvalue weighted by Gasteiger charge is -2.22. The van der Waals surface area contributed by atoms with Gasteiger partial charge in [-0.3, -0.25) is 0 Å². The Labute approximate surface area is 175 Å². The Balaban J connectivity index is 1.59. The quantitative estimate of drug-likeness (QED) is 0.541. The van der Waals surface area contributed by atoms with Gasteiger partial charge in [0.1, 0.15) is 5.65 Å². The Hall–Kier alpha value is -2.90. The largest absolute Gasteiger partial charge is 0.380 e. The summed E-state index contributed by atoms with van der Waals surface area (Å²) in [6.07, 6.45) is 2.80. The third-order valence-corrected chi connectivity index (χ3v) is 7.26. The second kappa shape index (κ2) is 7.74. The average Bonchev–Trinajstić information content (AvgIpc) is 2.93. The van der Waals surface area contributed by atoms with Gasteiger partial charge >= 0.3 is 0 Å². The van der Waals surface area contributed by atoms with Crippen LogP contribution in [-0.2, 0) is 20.3 Å². The lowest BCUT2D eigenvalue weighted by Crippen LogP contribution is -2.26. The Morgan fingerprint density at radius 2 is 1.90 bits per heavy atom. The smallest absolute Gasteiger partial charge is 0.182 e. The van der Waals surface area contributed by atoms with E-state index in [0.717, 1.165) is 59.3 Å². The molecular formula is C23H23N3O3S. The van der Waals surface area contributed by atoms with E-state index in [9.17, 15) is 8.42 Å². The fraction of sp³-hybridized carbons (Fsp3) is 0.261. The number of aromatic nitrogens is 2. The van der Waals surface area contributed by atoms with Gasteiger partial charge in [0.15, 0.2) is 9.84 Å². The molecule has 5 rings (SSSR count). The van der Waals surface area contributed by atoms with E-state index in [4.69, 9.17) is 4.74 Å². The van der Waals surface area contributed by atoms with Crippen molar-refractivity contribution in [2.45, 2.75) is 17.1 Å². The number of ether oxygens (including phenoxy) is 1. The molecule has 4 aromatic rings. The molecule has 0 radical (unpaired) electrons. The van der Waals surface area contributed by atoms with Crippen molar-refractivity contribution in [3.63, 3.8) is 0 Å². The van der Waals surface area contributed by atoms with Gasteiger partial charge in [0, 0.05) is 42.2 Å². The Kier molecular flexibility index (Phi) is 4.92. The van der Waals surface area contributed by atoms with Crippen LogP contribution in [0.1, 0.15) is 12.0 Å².